The van der Waals surface area contributed by atoms with Gasteiger partial charge in [-0.05, 0) is 12.1 Å². The van der Waals surface area contributed by atoms with Gasteiger partial charge in [0.2, 0.25) is 0 Å². The lowest BCUT2D eigenvalue weighted by Crippen LogP contribution is -2.15. The molecular weight excluding hydrogens is 268 g/mol. The minimum Gasteiger partial charge on any atom is -0.366 e. The molecule has 2 aromatic heterocycles. The Balaban J connectivity index is 2.39. The molecule has 6 nitrogen and oxygen atoms in total. The lowest BCUT2D eigenvalue weighted by Gasteiger charge is -2.07. The van der Waals surface area contributed by atoms with Gasteiger partial charge in [0, 0.05) is 5.56 Å². The first kappa shape index (κ1) is 12.2. The van der Waals surface area contributed by atoms with Gasteiger partial charge in [-0.2, -0.15) is 5.10 Å². The molecule has 1 radical (unpaired) electrons. The summed E-state index contributed by atoms with van der Waals surface area (Å²) in [5.41, 5.74) is 4.98. The smallest absolute Gasteiger partial charge is 0.251 e. The molecule has 0 fully saturated rings. The molecule has 99 valence electrons. The van der Waals surface area contributed by atoms with Crippen molar-refractivity contribution in [2.75, 3.05) is 0 Å². The van der Waals surface area contributed by atoms with Crippen LogP contribution in [0.25, 0.3) is 22.3 Å². The number of primary amides is 1. The third-order valence-corrected chi connectivity index (χ3v) is 2.76. The molecule has 0 aliphatic rings. The zero-order valence-corrected chi connectivity index (χ0v) is 9.82. The number of carbonyl (C=O) groups is 1. The van der Waals surface area contributed by atoms with Crippen LogP contribution >= 0.6 is 0 Å². The Morgan fingerprint density at radius 1 is 1.30 bits per heavy atom. The molecule has 3 N–H and O–H groups in total. The molecule has 0 atom stereocenters. The minimum atomic E-state index is -1.13. The van der Waals surface area contributed by atoms with Crippen LogP contribution in [0.5, 0.6) is 0 Å². The van der Waals surface area contributed by atoms with E-state index in [0.717, 1.165) is 6.07 Å². The van der Waals surface area contributed by atoms with Gasteiger partial charge in [-0.3, -0.25) is 9.89 Å². The second-order valence-corrected chi connectivity index (χ2v) is 3.95. The third-order valence-electron chi connectivity index (χ3n) is 2.76. The maximum Gasteiger partial charge on any atom is 0.251 e. The average Bonchev–Trinajstić information content (AvgIpc) is 2.88. The number of H-pyrrole nitrogens is 1. The molecule has 2 heterocycles. The minimum absolute atomic E-state index is 0.117. The molecule has 3 rings (SSSR count). The molecule has 0 spiro atoms. The Labute approximate surface area is 110 Å². The largest absolute Gasteiger partial charge is 0.366 e. The second-order valence-electron chi connectivity index (χ2n) is 3.95. The number of amides is 1. The molecule has 0 aliphatic heterocycles. The molecule has 0 saturated heterocycles. The van der Waals surface area contributed by atoms with Gasteiger partial charge in [-0.15, -0.1) is 10.2 Å². The molecule has 0 bridgehead atoms. The molecule has 1 amide bonds. The number of halogens is 2. The molecule has 0 saturated carbocycles. The van der Waals surface area contributed by atoms with Crippen molar-refractivity contribution < 1.29 is 13.6 Å². The van der Waals surface area contributed by atoms with Crippen LogP contribution < -0.4 is 5.73 Å². The van der Waals surface area contributed by atoms with Gasteiger partial charge in [0.25, 0.3) is 5.91 Å². The lowest BCUT2D eigenvalue weighted by molar-refractivity contribution is 0.100. The van der Waals surface area contributed by atoms with Crippen LogP contribution in [-0.4, -0.2) is 26.3 Å². The van der Waals surface area contributed by atoms with Gasteiger partial charge in [-0.25, -0.2) is 8.78 Å². The number of rotatable bonds is 2. The molecule has 0 unspecified atom stereocenters. The van der Waals surface area contributed by atoms with Crippen LogP contribution in [0, 0.1) is 17.8 Å². The van der Waals surface area contributed by atoms with E-state index in [-0.39, 0.29) is 27.9 Å². The molecule has 20 heavy (non-hydrogen) atoms. The van der Waals surface area contributed by atoms with Crippen molar-refractivity contribution in [2.24, 2.45) is 5.73 Å². The van der Waals surface area contributed by atoms with Crippen LogP contribution in [0.15, 0.2) is 18.2 Å². The van der Waals surface area contributed by atoms with Crippen molar-refractivity contribution in [3.8, 4) is 11.3 Å². The van der Waals surface area contributed by atoms with Crippen LogP contribution in [0.1, 0.15) is 10.4 Å². The fourth-order valence-corrected chi connectivity index (χ4v) is 1.88. The number of carbonyl (C=O) groups excluding carboxylic acids is 1. The molecule has 3 aromatic rings. The van der Waals surface area contributed by atoms with Crippen molar-refractivity contribution >= 4 is 16.9 Å². The predicted octanol–water partition coefficient (Wildman–Crippen LogP) is 1.20. The van der Waals surface area contributed by atoms with Crippen molar-refractivity contribution in [3.63, 3.8) is 0 Å². The van der Waals surface area contributed by atoms with E-state index in [9.17, 15) is 13.6 Å². The number of benzene rings is 1. The number of nitrogens with zero attached hydrogens (tertiary/aromatic N) is 3. The number of fused-ring (bicyclic) bond motifs is 1. The van der Waals surface area contributed by atoms with E-state index in [4.69, 9.17) is 5.73 Å². The van der Waals surface area contributed by atoms with Crippen molar-refractivity contribution in [1.82, 2.24) is 20.4 Å². The lowest BCUT2D eigenvalue weighted by atomic mass is 10.0. The zero-order valence-electron chi connectivity index (χ0n) is 9.82. The normalized spacial score (nSPS) is 10.9. The van der Waals surface area contributed by atoms with E-state index in [1.807, 2.05) is 0 Å². The fourth-order valence-electron chi connectivity index (χ4n) is 1.88. The van der Waals surface area contributed by atoms with E-state index >= 15 is 0 Å². The highest BCUT2D eigenvalue weighted by molar-refractivity contribution is 6.08. The van der Waals surface area contributed by atoms with E-state index in [1.54, 1.807) is 0 Å². The summed E-state index contributed by atoms with van der Waals surface area (Å²) in [5.74, 6) is -3.05. The van der Waals surface area contributed by atoms with Gasteiger partial charge in [0.05, 0.1) is 10.9 Å². The summed E-state index contributed by atoms with van der Waals surface area (Å²) in [4.78, 5) is 11.6. The number of aromatic nitrogens is 4. The maximum atomic E-state index is 13.8. The Bertz CT molecular complexity index is 830. The maximum absolute atomic E-state index is 13.8. The molecule has 1 aromatic carbocycles. The van der Waals surface area contributed by atoms with E-state index < -0.39 is 17.5 Å². The van der Waals surface area contributed by atoms with Crippen LogP contribution in [0.3, 0.4) is 0 Å². The van der Waals surface area contributed by atoms with Crippen LogP contribution in [0.4, 0.5) is 8.78 Å². The summed E-state index contributed by atoms with van der Waals surface area (Å²) in [5, 5.41) is 13.7. The highest BCUT2D eigenvalue weighted by Gasteiger charge is 2.21. The number of hydrogen-bond donors (Lipinski definition) is 2. The van der Waals surface area contributed by atoms with Crippen LogP contribution in [0.2, 0.25) is 0 Å². The van der Waals surface area contributed by atoms with E-state index in [0.29, 0.717) is 0 Å². The van der Waals surface area contributed by atoms with E-state index in [1.165, 1.54) is 12.1 Å². The van der Waals surface area contributed by atoms with E-state index in [2.05, 4.69) is 26.6 Å². The first-order valence-electron chi connectivity index (χ1n) is 5.46. The Hall–Kier alpha value is -2.90. The number of aromatic amines is 1. The molecular formula is C12H6F2N5O. The Morgan fingerprint density at radius 2 is 2.10 bits per heavy atom. The van der Waals surface area contributed by atoms with Gasteiger partial charge in [-0.1, -0.05) is 6.07 Å². The molecule has 0 aliphatic carbocycles. The Kier molecular flexibility index (Phi) is 2.63. The number of hydrogen-bond acceptors (Lipinski definition) is 4. The fraction of sp³-hybridized carbons (Fsp3) is 0. The average molecular weight is 274 g/mol. The summed E-state index contributed by atoms with van der Waals surface area (Å²) in [6.45, 7) is 0. The summed E-state index contributed by atoms with van der Waals surface area (Å²) < 4.78 is 27.1. The third kappa shape index (κ3) is 1.69. The van der Waals surface area contributed by atoms with Gasteiger partial charge in [0.15, 0.2) is 17.3 Å². The summed E-state index contributed by atoms with van der Waals surface area (Å²) in [6.07, 6.45) is 2.49. The number of nitrogens with two attached hydrogens (primary N) is 1. The van der Waals surface area contributed by atoms with Gasteiger partial charge >= 0.3 is 0 Å². The second kappa shape index (κ2) is 4.34. The number of nitrogens with one attached hydrogen (secondary N) is 1. The predicted molar refractivity (Wildman–Crippen MR) is 64.4 cm³/mol. The highest BCUT2D eigenvalue weighted by Crippen LogP contribution is 2.28. The highest BCUT2D eigenvalue weighted by atomic mass is 19.2. The zero-order chi connectivity index (χ0) is 14.3. The van der Waals surface area contributed by atoms with Crippen molar-refractivity contribution in [2.45, 2.75) is 0 Å². The van der Waals surface area contributed by atoms with Gasteiger partial charge in [0.1, 0.15) is 11.9 Å². The van der Waals surface area contributed by atoms with Crippen molar-refractivity contribution in [1.29, 1.82) is 0 Å². The first-order chi connectivity index (χ1) is 9.59. The summed E-state index contributed by atoms with van der Waals surface area (Å²) >= 11 is 0. The van der Waals surface area contributed by atoms with Crippen molar-refractivity contribution in [3.05, 3.63) is 41.6 Å². The summed E-state index contributed by atoms with van der Waals surface area (Å²) in [7, 11) is 0. The SMILES string of the molecule is NC(=O)c1c(-c2cccc(F)c2F)nnc2[nH]n[c]c12. The van der Waals surface area contributed by atoms with Gasteiger partial charge < -0.3 is 5.73 Å². The first-order valence-corrected chi connectivity index (χ1v) is 5.46. The quantitative estimate of drug-likeness (QED) is 0.733. The van der Waals surface area contributed by atoms with Crippen LogP contribution in [-0.2, 0) is 0 Å². The summed E-state index contributed by atoms with van der Waals surface area (Å²) in [6, 6.07) is 3.53. The topological polar surface area (TPSA) is 97.5 Å². The molecule has 8 heteroatoms. The standard InChI is InChI=1S/C12H6F2N5O/c13-7-3-1-2-5(9(7)14)10-8(11(15)20)6-4-16-18-12(6)19-17-10/h1-3H,(H2,15,20)(H,16,18,19). The monoisotopic (exact) mass is 274 g/mol. The Morgan fingerprint density at radius 3 is 2.85 bits per heavy atom.